The third-order valence-electron chi connectivity index (χ3n) is 2.17. The summed E-state index contributed by atoms with van der Waals surface area (Å²) in [7, 11) is 0. The van der Waals surface area contributed by atoms with Crippen LogP contribution in [0.4, 0.5) is 11.4 Å². The highest BCUT2D eigenvalue weighted by atomic mass is 32.2. The minimum absolute atomic E-state index is 0.340. The Morgan fingerprint density at radius 2 is 2.29 bits per heavy atom. The number of nitrogen functional groups attached to an aromatic ring is 1. The molecule has 1 rings (SSSR count). The molecule has 1 aromatic carbocycles. The molecule has 0 aromatic heterocycles. The summed E-state index contributed by atoms with van der Waals surface area (Å²) in [5, 5.41) is 11.9. The lowest BCUT2D eigenvalue weighted by Crippen LogP contribution is -2.05. The number of nitriles is 1. The zero-order valence-electron chi connectivity index (χ0n) is 9.57. The maximum atomic E-state index is 8.66. The molecule has 0 unspecified atom stereocenters. The van der Waals surface area contributed by atoms with Gasteiger partial charge in [-0.3, -0.25) is 0 Å². The van der Waals surface area contributed by atoms with Crippen LogP contribution in [0, 0.1) is 23.7 Å². The van der Waals surface area contributed by atoms with E-state index >= 15 is 0 Å². The van der Waals surface area contributed by atoms with Crippen molar-refractivity contribution >= 4 is 23.1 Å². The molecule has 0 radical (unpaired) electrons. The van der Waals surface area contributed by atoms with Crippen LogP contribution in [0.2, 0.25) is 0 Å². The van der Waals surface area contributed by atoms with Gasteiger partial charge in [0.15, 0.2) is 0 Å². The number of benzene rings is 1. The van der Waals surface area contributed by atoms with Crippen molar-refractivity contribution in [1.82, 2.24) is 0 Å². The van der Waals surface area contributed by atoms with Gasteiger partial charge in [0.05, 0.1) is 18.2 Å². The lowest BCUT2D eigenvalue weighted by molar-refractivity contribution is 1.21. The van der Waals surface area contributed by atoms with Crippen molar-refractivity contribution in [2.45, 2.75) is 6.42 Å². The van der Waals surface area contributed by atoms with E-state index in [1.54, 1.807) is 11.8 Å². The fourth-order valence-electron chi connectivity index (χ4n) is 1.35. The summed E-state index contributed by atoms with van der Waals surface area (Å²) < 4.78 is 0. The highest BCUT2D eigenvalue weighted by molar-refractivity contribution is 7.99. The van der Waals surface area contributed by atoms with Crippen LogP contribution in [0.3, 0.4) is 0 Å². The maximum absolute atomic E-state index is 8.66. The number of hydrogen-bond donors (Lipinski definition) is 2. The van der Waals surface area contributed by atoms with Crippen LogP contribution in [0.15, 0.2) is 18.2 Å². The molecule has 0 aliphatic rings. The first-order chi connectivity index (χ1) is 8.27. The van der Waals surface area contributed by atoms with Crippen LogP contribution in [-0.2, 0) is 6.42 Å². The normalized spacial score (nSPS) is 9.29. The van der Waals surface area contributed by atoms with Gasteiger partial charge in [-0.1, -0.05) is 5.92 Å². The molecule has 0 bridgehead atoms. The Labute approximate surface area is 106 Å². The molecule has 17 heavy (non-hydrogen) atoms. The van der Waals surface area contributed by atoms with Gasteiger partial charge in [-0.25, -0.2) is 0 Å². The van der Waals surface area contributed by atoms with E-state index in [0.29, 0.717) is 12.1 Å². The van der Waals surface area contributed by atoms with Crippen molar-refractivity contribution in [2.24, 2.45) is 0 Å². The number of nitrogens with two attached hydrogens (primary N) is 1. The summed E-state index contributed by atoms with van der Waals surface area (Å²) in [5.74, 6) is 4.28. The Morgan fingerprint density at radius 3 is 3.00 bits per heavy atom. The molecule has 3 nitrogen and oxygen atoms in total. The predicted molar refractivity (Wildman–Crippen MR) is 74.8 cm³/mol. The lowest BCUT2D eigenvalue weighted by atomic mass is 10.1. The first-order valence-electron chi connectivity index (χ1n) is 5.28. The summed E-state index contributed by atoms with van der Waals surface area (Å²) in [6, 6.07) is 7.76. The minimum atomic E-state index is 0.340. The highest BCUT2D eigenvalue weighted by Gasteiger charge is 2.00. The average molecular weight is 245 g/mol. The van der Waals surface area contributed by atoms with E-state index in [9.17, 15) is 0 Å². The summed E-state index contributed by atoms with van der Waals surface area (Å²) in [4.78, 5) is 0. The van der Waals surface area contributed by atoms with E-state index in [0.717, 1.165) is 29.3 Å². The number of rotatable bonds is 6. The van der Waals surface area contributed by atoms with Crippen LogP contribution in [0.25, 0.3) is 0 Å². The second-order valence-electron chi connectivity index (χ2n) is 3.43. The Morgan fingerprint density at radius 1 is 1.47 bits per heavy atom. The molecular formula is C13H15N3S. The Hall–Kier alpha value is -1.78. The molecule has 0 fully saturated rings. The molecule has 0 saturated carbocycles. The van der Waals surface area contributed by atoms with E-state index in [1.165, 1.54) is 0 Å². The minimum Gasteiger partial charge on any atom is -0.398 e. The highest BCUT2D eigenvalue weighted by Crippen LogP contribution is 2.18. The lowest BCUT2D eigenvalue weighted by Gasteiger charge is -2.08. The zero-order chi connectivity index (χ0) is 12.5. The van der Waals surface area contributed by atoms with Crippen molar-refractivity contribution in [2.75, 3.05) is 29.1 Å². The molecule has 0 saturated heterocycles. The fraction of sp³-hybridized carbons (Fsp3) is 0.308. The van der Waals surface area contributed by atoms with Crippen molar-refractivity contribution in [1.29, 1.82) is 5.26 Å². The molecule has 0 aliphatic carbocycles. The largest absolute Gasteiger partial charge is 0.398 e. The van der Waals surface area contributed by atoms with Gasteiger partial charge in [0, 0.05) is 23.7 Å². The van der Waals surface area contributed by atoms with Crippen LogP contribution >= 0.6 is 11.8 Å². The molecule has 0 aliphatic heterocycles. The Balaban J connectivity index is 2.47. The number of hydrogen-bond acceptors (Lipinski definition) is 4. The van der Waals surface area contributed by atoms with Crippen LogP contribution < -0.4 is 11.1 Å². The summed E-state index contributed by atoms with van der Waals surface area (Å²) in [6.07, 6.45) is 5.50. The Kier molecular flexibility index (Phi) is 5.85. The van der Waals surface area contributed by atoms with Crippen molar-refractivity contribution in [3.8, 4) is 18.4 Å². The number of nitrogens with zero attached hydrogens (tertiary/aromatic N) is 1. The predicted octanol–water partition coefficient (Wildman–Crippen LogP) is 2.11. The van der Waals surface area contributed by atoms with Gasteiger partial charge in [-0.15, -0.1) is 18.2 Å². The molecule has 3 N–H and O–H groups in total. The quantitative estimate of drug-likeness (QED) is 0.458. The Bertz CT molecular complexity index is 443. The zero-order valence-corrected chi connectivity index (χ0v) is 10.4. The van der Waals surface area contributed by atoms with E-state index in [-0.39, 0.29) is 0 Å². The van der Waals surface area contributed by atoms with Crippen molar-refractivity contribution in [3.63, 3.8) is 0 Å². The van der Waals surface area contributed by atoms with Crippen LogP contribution in [0.5, 0.6) is 0 Å². The van der Waals surface area contributed by atoms with Gasteiger partial charge in [-0.2, -0.15) is 5.26 Å². The van der Waals surface area contributed by atoms with Gasteiger partial charge in [0.2, 0.25) is 0 Å². The second-order valence-corrected chi connectivity index (χ2v) is 4.54. The van der Waals surface area contributed by atoms with E-state index in [2.05, 4.69) is 17.3 Å². The molecule has 1 aromatic rings. The topological polar surface area (TPSA) is 61.8 Å². The van der Waals surface area contributed by atoms with Crippen molar-refractivity contribution in [3.05, 3.63) is 23.8 Å². The summed E-state index contributed by atoms with van der Waals surface area (Å²) in [5.41, 5.74) is 8.29. The van der Waals surface area contributed by atoms with E-state index < -0.39 is 0 Å². The second kappa shape index (κ2) is 7.49. The van der Waals surface area contributed by atoms with Gasteiger partial charge in [0.25, 0.3) is 0 Å². The van der Waals surface area contributed by atoms with Gasteiger partial charge >= 0.3 is 0 Å². The van der Waals surface area contributed by atoms with E-state index in [4.69, 9.17) is 17.4 Å². The standard InChI is InChI=1S/C13H15N3S/c1-2-8-17-9-7-16-12-3-4-13(15)11(10-12)5-6-14/h1,3-4,10,16H,5,7-9,15H2. The number of anilines is 2. The monoisotopic (exact) mass is 245 g/mol. The number of terminal acetylenes is 1. The molecule has 88 valence electrons. The number of thioether (sulfide) groups is 1. The molecule has 0 amide bonds. The maximum Gasteiger partial charge on any atom is 0.0670 e. The van der Waals surface area contributed by atoms with Gasteiger partial charge < -0.3 is 11.1 Å². The van der Waals surface area contributed by atoms with Gasteiger partial charge in [-0.05, 0) is 23.8 Å². The van der Waals surface area contributed by atoms with E-state index in [1.807, 2.05) is 18.2 Å². The molecule has 0 spiro atoms. The third kappa shape index (κ3) is 4.72. The first kappa shape index (κ1) is 13.3. The number of nitrogens with one attached hydrogen (secondary N) is 1. The molecule has 4 heteroatoms. The van der Waals surface area contributed by atoms with Gasteiger partial charge in [0.1, 0.15) is 0 Å². The fourth-order valence-corrected chi connectivity index (χ4v) is 1.86. The van der Waals surface area contributed by atoms with Crippen molar-refractivity contribution < 1.29 is 0 Å². The molecule has 0 heterocycles. The first-order valence-corrected chi connectivity index (χ1v) is 6.44. The molecular weight excluding hydrogens is 230 g/mol. The summed E-state index contributed by atoms with van der Waals surface area (Å²) >= 11 is 1.71. The SMILES string of the molecule is C#CCSCCNc1ccc(N)c(CC#N)c1. The van der Waals surface area contributed by atoms with Crippen LogP contribution in [-0.4, -0.2) is 18.1 Å². The average Bonchev–Trinajstić information content (AvgIpc) is 2.33. The van der Waals surface area contributed by atoms with Crippen LogP contribution in [0.1, 0.15) is 5.56 Å². The third-order valence-corrected chi connectivity index (χ3v) is 3.04. The smallest absolute Gasteiger partial charge is 0.0670 e. The molecule has 0 atom stereocenters. The summed E-state index contributed by atoms with van der Waals surface area (Å²) in [6.45, 7) is 0.849.